The van der Waals surface area contributed by atoms with Gasteiger partial charge in [-0.1, -0.05) is 23.3 Å². The van der Waals surface area contributed by atoms with Crippen LogP contribution >= 0.6 is 0 Å². The SMILES string of the molecule is Cn1nnc(NS(=O)(=O)Cc2ccccc2N)n1. The van der Waals surface area contributed by atoms with Gasteiger partial charge in [0.1, 0.15) is 0 Å². The third kappa shape index (κ3) is 2.94. The number of nitrogen functional groups attached to an aromatic ring is 1. The van der Waals surface area contributed by atoms with Gasteiger partial charge in [-0.3, -0.25) is 0 Å². The highest BCUT2D eigenvalue weighted by Crippen LogP contribution is 2.14. The lowest BCUT2D eigenvalue weighted by molar-refractivity contribution is 0.600. The van der Waals surface area contributed by atoms with E-state index in [1.54, 1.807) is 31.3 Å². The van der Waals surface area contributed by atoms with Crippen molar-refractivity contribution in [2.24, 2.45) is 7.05 Å². The Labute approximate surface area is 104 Å². The molecule has 2 aromatic rings. The minimum atomic E-state index is -3.61. The Morgan fingerprint density at radius 1 is 1.39 bits per heavy atom. The van der Waals surface area contributed by atoms with E-state index in [1.165, 1.54) is 0 Å². The van der Waals surface area contributed by atoms with Crippen molar-refractivity contribution >= 4 is 21.7 Å². The standard InChI is InChI=1S/C9H12N6O2S/c1-15-12-9(11-14-15)13-18(16,17)6-7-4-2-3-5-8(7)10/h2-5H,6,10H2,1H3,(H,12,13). The number of hydrogen-bond donors (Lipinski definition) is 2. The fourth-order valence-corrected chi connectivity index (χ4v) is 2.47. The molecule has 8 nitrogen and oxygen atoms in total. The topological polar surface area (TPSA) is 116 Å². The van der Waals surface area contributed by atoms with Crippen LogP contribution in [0, 0.1) is 0 Å². The van der Waals surface area contributed by atoms with E-state index in [2.05, 4.69) is 20.1 Å². The molecule has 0 radical (unpaired) electrons. The second kappa shape index (κ2) is 4.61. The first-order chi connectivity index (χ1) is 8.46. The maximum atomic E-state index is 11.8. The van der Waals surface area contributed by atoms with Crippen LogP contribution in [0.5, 0.6) is 0 Å². The number of para-hydroxylation sites is 1. The Hall–Kier alpha value is -2.16. The Kier molecular flexibility index (Phi) is 3.15. The lowest BCUT2D eigenvalue weighted by Crippen LogP contribution is -2.17. The highest BCUT2D eigenvalue weighted by atomic mass is 32.2. The summed E-state index contributed by atoms with van der Waals surface area (Å²) in [5, 5.41) is 10.8. The molecule has 0 aliphatic rings. The number of aromatic nitrogens is 4. The van der Waals surface area contributed by atoms with Crippen molar-refractivity contribution in [1.29, 1.82) is 0 Å². The molecule has 1 heterocycles. The maximum Gasteiger partial charge on any atom is 0.276 e. The van der Waals surface area contributed by atoms with Gasteiger partial charge in [0.2, 0.25) is 10.0 Å². The Bertz CT molecular complexity index is 651. The average molecular weight is 268 g/mol. The number of benzene rings is 1. The van der Waals surface area contributed by atoms with Gasteiger partial charge in [-0.05, 0) is 16.8 Å². The maximum absolute atomic E-state index is 11.8. The van der Waals surface area contributed by atoms with Crippen molar-refractivity contribution in [2.45, 2.75) is 5.75 Å². The van der Waals surface area contributed by atoms with E-state index in [4.69, 9.17) is 5.73 Å². The quantitative estimate of drug-likeness (QED) is 0.738. The molecule has 1 aromatic carbocycles. The first-order valence-electron chi connectivity index (χ1n) is 5.04. The van der Waals surface area contributed by atoms with Crippen LogP contribution in [0.2, 0.25) is 0 Å². The Morgan fingerprint density at radius 2 is 2.11 bits per heavy atom. The third-order valence-corrected chi connectivity index (χ3v) is 3.34. The molecule has 0 fully saturated rings. The number of rotatable bonds is 4. The second-order valence-corrected chi connectivity index (χ2v) is 5.38. The molecular formula is C9H12N6O2S. The summed E-state index contributed by atoms with van der Waals surface area (Å²) in [5.41, 5.74) is 6.63. The molecule has 0 spiro atoms. The molecule has 2 rings (SSSR count). The van der Waals surface area contributed by atoms with Gasteiger partial charge in [-0.15, -0.1) is 5.10 Å². The van der Waals surface area contributed by atoms with Crippen LogP contribution in [-0.2, 0) is 22.8 Å². The molecule has 0 saturated heterocycles. The number of nitrogens with zero attached hydrogens (tertiary/aromatic N) is 4. The number of aryl methyl sites for hydroxylation is 1. The molecular weight excluding hydrogens is 256 g/mol. The summed E-state index contributed by atoms with van der Waals surface area (Å²) in [5.74, 6) is -0.301. The van der Waals surface area contributed by atoms with Gasteiger partial charge in [0, 0.05) is 5.69 Å². The van der Waals surface area contributed by atoms with E-state index >= 15 is 0 Å². The van der Waals surface area contributed by atoms with E-state index in [0.29, 0.717) is 11.3 Å². The normalized spacial score (nSPS) is 11.4. The molecule has 96 valence electrons. The average Bonchev–Trinajstić information content (AvgIpc) is 2.66. The minimum absolute atomic E-state index is 0.0630. The molecule has 9 heteroatoms. The Balaban J connectivity index is 2.15. The molecule has 0 aliphatic heterocycles. The van der Waals surface area contributed by atoms with Crippen LogP contribution in [0.1, 0.15) is 5.56 Å². The molecule has 3 N–H and O–H groups in total. The number of nitrogens with two attached hydrogens (primary N) is 1. The van der Waals surface area contributed by atoms with Crippen molar-refractivity contribution < 1.29 is 8.42 Å². The zero-order valence-corrected chi connectivity index (χ0v) is 10.4. The van der Waals surface area contributed by atoms with Crippen molar-refractivity contribution in [2.75, 3.05) is 10.5 Å². The molecule has 0 unspecified atom stereocenters. The predicted molar refractivity (Wildman–Crippen MR) is 65.9 cm³/mol. The lowest BCUT2D eigenvalue weighted by Gasteiger charge is -2.06. The highest BCUT2D eigenvalue weighted by molar-refractivity contribution is 7.91. The van der Waals surface area contributed by atoms with Crippen LogP contribution in [-0.4, -0.2) is 28.6 Å². The lowest BCUT2D eigenvalue weighted by atomic mass is 10.2. The summed E-state index contributed by atoms with van der Waals surface area (Å²) in [7, 11) is -2.06. The number of anilines is 2. The predicted octanol–water partition coefficient (Wildman–Crippen LogP) is -0.266. The van der Waals surface area contributed by atoms with E-state index in [9.17, 15) is 8.42 Å². The number of nitrogens with one attached hydrogen (secondary N) is 1. The van der Waals surface area contributed by atoms with Gasteiger partial charge in [0.25, 0.3) is 5.95 Å². The molecule has 0 bridgehead atoms. The first kappa shape index (κ1) is 12.3. The van der Waals surface area contributed by atoms with Crippen LogP contribution in [0.15, 0.2) is 24.3 Å². The van der Waals surface area contributed by atoms with Crippen LogP contribution < -0.4 is 10.5 Å². The smallest absolute Gasteiger partial charge is 0.276 e. The highest BCUT2D eigenvalue weighted by Gasteiger charge is 2.15. The summed E-state index contributed by atoms with van der Waals surface area (Å²) in [6.45, 7) is 0. The number of hydrogen-bond acceptors (Lipinski definition) is 6. The van der Waals surface area contributed by atoms with Gasteiger partial charge >= 0.3 is 0 Å². The van der Waals surface area contributed by atoms with Gasteiger partial charge in [-0.2, -0.15) is 4.80 Å². The molecule has 0 aliphatic carbocycles. The van der Waals surface area contributed by atoms with Crippen molar-refractivity contribution in [1.82, 2.24) is 20.2 Å². The van der Waals surface area contributed by atoms with Crippen LogP contribution in [0.25, 0.3) is 0 Å². The summed E-state index contributed by atoms with van der Waals surface area (Å²) in [6, 6.07) is 6.76. The van der Waals surface area contributed by atoms with Gasteiger partial charge in [0.15, 0.2) is 0 Å². The Morgan fingerprint density at radius 3 is 2.72 bits per heavy atom. The summed E-state index contributed by atoms with van der Waals surface area (Å²) < 4.78 is 25.9. The minimum Gasteiger partial charge on any atom is -0.398 e. The first-order valence-corrected chi connectivity index (χ1v) is 6.69. The monoisotopic (exact) mass is 268 g/mol. The van der Waals surface area contributed by atoms with Crippen molar-refractivity contribution in [3.63, 3.8) is 0 Å². The third-order valence-electron chi connectivity index (χ3n) is 2.16. The molecule has 1 aromatic heterocycles. The molecule has 18 heavy (non-hydrogen) atoms. The van der Waals surface area contributed by atoms with Crippen LogP contribution in [0.4, 0.5) is 11.6 Å². The largest absolute Gasteiger partial charge is 0.398 e. The van der Waals surface area contributed by atoms with E-state index < -0.39 is 10.0 Å². The van der Waals surface area contributed by atoms with E-state index in [0.717, 1.165) is 4.80 Å². The fraction of sp³-hybridized carbons (Fsp3) is 0.222. The van der Waals surface area contributed by atoms with E-state index in [1.807, 2.05) is 0 Å². The summed E-state index contributed by atoms with van der Waals surface area (Å²) in [4.78, 5) is 1.16. The number of tetrazole rings is 1. The van der Waals surface area contributed by atoms with Crippen LogP contribution in [0.3, 0.4) is 0 Å². The van der Waals surface area contributed by atoms with Crippen molar-refractivity contribution in [3.8, 4) is 0 Å². The fourth-order valence-electron chi connectivity index (χ4n) is 1.37. The van der Waals surface area contributed by atoms with Gasteiger partial charge in [-0.25, -0.2) is 13.1 Å². The van der Waals surface area contributed by atoms with Gasteiger partial charge < -0.3 is 5.73 Å². The summed E-state index contributed by atoms with van der Waals surface area (Å²) >= 11 is 0. The zero-order valence-electron chi connectivity index (χ0n) is 9.61. The summed E-state index contributed by atoms with van der Waals surface area (Å²) in [6.07, 6.45) is 0. The van der Waals surface area contributed by atoms with E-state index in [-0.39, 0.29) is 11.7 Å². The van der Waals surface area contributed by atoms with Gasteiger partial charge in [0.05, 0.1) is 12.8 Å². The van der Waals surface area contributed by atoms with Crippen molar-refractivity contribution in [3.05, 3.63) is 29.8 Å². The molecule has 0 amide bonds. The second-order valence-electron chi connectivity index (χ2n) is 3.66. The molecule has 0 saturated carbocycles. The zero-order chi connectivity index (χ0) is 13.2. The number of sulfonamides is 1. The molecule has 0 atom stereocenters.